The number of para-hydroxylation sites is 1. The maximum atomic E-state index is 5.49. The Bertz CT molecular complexity index is 627. The Morgan fingerprint density at radius 2 is 1.95 bits per heavy atom. The van der Waals surface area contributed by atoms with Crippen LogP contribution in [0, 0.1) is 11.8 Å². The van der Waals surface area contributed by atoms with Crippen molar-refractivity contribution >= 4 is 22.7 Å². The van der Waals surface area contributed by atoms with Crippen LogP contribution >= 0.6 is 0 Å². The van der Waals surface area contributed by atoms with E-state index >= 15 is 0 Å². The normalized spacial score (nSPS) is 25.8. The third-order valence-corrected chi connectivity index (χ3v) is 4.49. The number of nitrogens with one attached hydrogen (secondary N) is 2. The van der Waals surface area contributed by atoms with Gasteiger partial charge >= 0.3 is 0 Å². The molecular formula is C16H23N5. The first-order valence-electron chi connectivity index (χ1n) is 7.67. The van der Waals surface area contributed by atoms with Crippen molar-refractivity contribution in [2.75, 3.05) is 10.7 Å². The van der Waals surface area contributed by atoms with Gasteiger partial charge in [0.15, 0.2) is 0 Å². The molecular weight excluding hydrogens is 262 g/mol. The fraction of sp³-hybridized carbons (Fsp3) is 0.500. The SMILES string of the molecule is CC1CCC(Nc2nc(NN)nc3ccccc23)C(C)C1. The molecule has 5 heteroatoms. The van der Waals surface area contributed by atoms with Crippen LogP contribution in [-0.2, 0) is 0 Å². The van der Waals surface area contributed by atoms with Gasteiger partial charge in [-0.05, 0) is 43.2 Å². The van der Waals surface area contributed by atoms with Crippen molar-refractivity contribution in [3.8, 4) is 0 Å². The number of nitrogens with two attached hydrogens (primary N) is 1. The highest BCUT2D eigenvalue weighted by Gasteiger charge is 2.26. The highest BCUT2D eigenvalue weighted by Crippen LogP contribution is 2.32. The van der Waals surface area contributed by atoms with Crippen LogP contribution in [0.4, 0.5) is 11.8 Å². The highest BCUT2D eigenvalue weighted by atomic mass is 15.3. The summed E-state index contributed by atoms with van der Waals surface area (Å²) in [7, 11) is 0. The fourth-order valence-corrected chi connectivity index (χ4v) is 3.31. The van der Waals surface area contributed by atoms with Gasteiger partial charge in [-0.2, -0.15) is 4.98 Å². The lowest BCUT2D eigenvalue weighted by Gasteiger charge is -2.33. The van der Waals surface area contributed by atoms with Gasteiger partial charge in [-0.1, -0.05) is 26.0 Å². The van der Waals surface area contributed by atoms with Crippen LogP contribution < -0.4 is 16.6 Å². The number of aromatic nitrogens is 2. The molecule has 0 saturated heterocycles. The van der Waals surface area contributed by atoms with Gasteiger partial charge in [-0.25, -0.2) is 10.8 Å². The van der Waals surface area contributed by atoms with E-state index in [1.807, 2.05) is 24.3 Å². The second-order valence-corrected chi connectivity index (χ2v) is 6.20. The second-order valence-electron chi connectivity index (χ2n) is 6.20. The first-order valence-corrected chi connectivity index (χ1v) is 7.67. The molecule has 5 nitrogen and oxygen atoms in total. The monoisotopic (exact) mass is 285 g/mol. The van der Waals surface area contributed by atoms with Crippen molar-refractivity contribution in [3.63, 3.8) is 0 Å². The number of benzene rings is 1. The van der Waals surface area contributed by atoms with Gasteiger partial charge in [0.2, 0.25) is 5.95 Å². The van der Waals surface area contributed by atoms with Crippen LogP contribution in [-0.4, -0.2) is 16.0 Å². The van der Waals surface area contributed by atoms with Crippen LogP contribution in [0.3, 0.4) is 0 Å². The molecule has 1 fully saturated rings. The second kappa shape index (κ2) is 5.85. The predicted octanol–water partition coefficient (Wildman–Crippen LogP) is 3.15. The number of fused-ring (bicyclic) bond motifs is 1. The van der Waals surface area contributed by atoms with Crippen LogP contribution in [0.15, 0.2) is 24.3 Å². The number of hydrogen-bond acceptors (Lipinski definition) is 5. The zero-order chi connectivity index (χ0) is 14.8. The molecule has 1 saturated carbocycles. The van der Waals surface area contributed by atoms with Gasteiger partial charge < -0.3 is 5.32 Å². The van der Waals surface area contributed by atoms with E-state index in [2.05, 4.69) is 34.6 Å². The Hall–Kier alpha value is -1.88. The molecule has 1 aromatic heterocycles. The quantitative estimate of drug-likeness (QED) is 0.596. The summed E-state index contributed by atoms with van der Waals surface area (Å²) in [6.45, 7) is 4.65. The van der Waals surface area contributed by atoms with Crippen molar-refractivity contribution in [3.05, 3.63) is 24.3 Å². The lowest BCUT2D eigenvalue weighted by Crippen LogP contribution is -2.33. The standard InChI is InChI=1S/C16H23N5/c1-10-7-8-13(11(2)9-10)18-15-12-5-3-4-6-14(12)19-16(20-15)21-17/h3-6,10-11,13H,7-9,17H2,1-2H3,(H2,18,19,20,21). The molecule has 2 aromatic rings. The lowest BCUT2D eigenvalue weighted by atomic mass is 9.80. The summed E-state index contributed by atoms with van der Waals surface area (Å²) in [5.41, 5.74) is 3.46. The number of hydrogen-bond donors (Lipinski definition) is 3. The Balaban J connectivity index is 1.92. The Morgan fingerprint density at radius 3 is 2.71 bits per heavy atom. The van der Waals surface area contributed by atoms with Crippen LogP contribution in [0.25, 0.3) is 10.9 Å². The molecule has 1 heterocycles. The number of nitrogen functional groups attached to an aromatic ring is 1. The topological polar surface area (TPSA) is 75.9 Å². The molecule has 21 heavy (non-hydrogen) atoms. The molecule has 1 aromatic carbocycles. The minimum absolute atomic E-state index is 0.452. The number of nitrogens with zero attached hydrogens (tertiary/aromatic N) is 2. The largest absolute Gasteiger partial charge is 0.366 e. The number of hydrazine groups is 1. The summed E-state index contributed by atoms with van der Waals surface area (Å²) in [5.74, 6) is 8.28. The van der Waals surface area contributed by atoms with Crippen molar-refractivity contribution in [2.45, 2.75) is 39.2 Å². The van der Waals surface area contributed by atoms with Crippen molar-refractivity contribution in [1.29, 1.82) is 0 Å². The van der Waals surface area contributed by atoms with E-state index in [0.717, 1.165) is 22.6 Å². The summed E-state index contributed by atoms with van der Waals surface area (Å²) in [6, 6.07) is 8.48. The van der Waals surface area contributed by atoms with Crippen molar-refractivity contribution in [1.82, 2.24) is 9.97 Å². The third-order valence-electron chi connectivity index (χ3n) is 4.49. The molecule has 112 valence electrons. The Labute approximate surface area is 125 Å². The van der Waals surface area contributed by atoms with Gasteiger partial charge in [-0.3, -0.25) is 5.43 Å². The zero-order valence-electron chi connectivity index (χ0n) is 12.6. The van der Waals surface area contributed by atoms with Gasteiger partial charge in [0.1, 0.15) is 5.82 Å². The molecule has 3 unspecified atom stereocenters. The molecule has 1 aliphatic carbocycles. The predicted molar refractivity (Wildman–Crippen MR) is 86.9 cm³/mol. The minimum Gasteiger partial charge on any atom is -0.366 e. The molecule has 0 bridgehead atoms. The Morgan fingerprint density at radius 1 is 1.14 bits per heavy atom. The van der Waals surface area contributed by atoms with E-state index in [1.54, 1.807) is 0 Å². The number of anilines is 2. The van der Waals surface area contributed by atoms with E-state index < -0.39 is 0 Å². The first-order chi connectivity index (χ1) is 10.2. The molecule has 1 aliphatic rings. The van der Waals surface area contributed by atoms with Gasteiger partial charge in [-0.15, -0.1) is 0 Å². The van der Waals surface area contributed by atoms with Gasteiger partial charge in [0.25, 0.3) is 0 Å². The molecule has 3 rings (SSSR count). The van der Waals surface area contributed by atoms with E-state index in [4.69, 9.17) is 5.84 Å². The first kappa shape index (κ1) is 14.1. The van der Waals surface area contributed by atoms with E-state index in [-0.39, 0.29) is 0 Å². The summed E-state index contributed by atoms with van der Waals surface area (Å²) in [4.78, 5) is 8.90. The fourth-order valence-electron chi connectivity index (χ4n) is 3.31. The average Bonchev–Trinajstić information content (AvgIpc) is 2.49. The third kappa shape index (κ3) is 2.93. The molecule has 3 atom stereocenters. The van der Waals surface area contributed by atoms with Crippen molar-refractivity contribution in [2.24, 2.45) is 17.7 Å². The molecule has 0 radical (unpaired) electrons. The summed E-state index contributed by atoms with van der Waals surface area (Å²) < 4.78 is 0. The molecule has 0 amide bonds. The lowest BCUT2D eigenvalue weighted by molar-refractivity contribution is 0.276. The number of rotatable bonds is 3. The van der Waals surface area contributed by atoms with Crippen LogP contribution in [0.5, 0.6) is 0 Å². The molecule has 4 N–H and O–H groups in total. The smallest absolute Gasteiger partial charge is 0.239 e. The molecule has 0 spiro atoms. The van der Waals surface area contributed by atoms with E-state index in [1.165, 1.54) is 19.3 Å². The summed E-state index contributed by atoms with van der Waals surface area (Å²) >= 11 is 0. The van der Waals surface area contributed by atoms with Crippen LogP contribution in [0.1, 0.15) is 33.1 Å². The molecule has 0 aliphatic heterocycles. The summed E-state index contributed by atoms with van der Waals surface area (Å²) in [6.07, 6.45) is 3.72. The summed E-state index contributed by atoms with van der Waals surface area (Å²) in [5, 5.41) is 4.67. The van der Waals surface area contributed by atoms with Gasteiger partial charge in [0, 0.05) is 11.4 Å². The highest BCUT2D eigenvalue weighted by molar-refractivity contribution is 5.90. The minimum atomic E-state index is 0.452. The van der Waals surface area contributed by atoms with E-state index in [9.17, 15) is 0 Å². The van der Waals surface area contributed by atoms with Gasteiger partial charge in [0.05, 0.1) is 5.52 Å². The van der Waals surface area contributed by atoms with E-state index in [0.29, 0.717) is 17.9 Å². The maximum Gasteiger partial charge on any atom is 0.239 e. The Kier molecular flexibility index (Phi) is 3.92. The van der Waals surface area contributed by atoms with Crippen LogP contribution in [0.2, 0.25) is 0 Å². The maximum absolute atomic E-state index is 5.49. The van der Waals surface area contributed by atoms with Crippen molar-refractivity contribution < 1.29 is 0 Å². The average molecular weight is 285 g/mol. The zero-order valence-corrected chi connectivity index (χ0v) is 12.6.